The molecule has 0 saturated heterocycles. The van der Waals surface area contributed by atoms with E-state index in [4.69, 9.17) is 21.8 Å². The van der Waals surface area contributed by atoms with Crippen molar-refractivity contribution in [2.24, 2.45) is 0 Å². The van der Waals surface area contributed by atoms with E-state index in [-0.39, 0.29) is 5.91 Å². The van der Waals surface area contributed by atoms with Gasteiger partial charge >= 0.3 is 0 Å². The molecule has 1 heterocycles. The van der Waals surface area contributed by atoms with Crippen LogP contribution < -0.4 is 16.1 Å². The minimum Gasteiger partial charge on any atom is -0.384 e. The minimum absolute atomic E-state index is 0.111. The molecule has 0 unspecified atom stereocenters. The maximum Gasteiger partial charge on any atom is 0.267 e. The summed E-state index contributed by atoms with van der Waals surface area (Å²) in [7, 11) is 0. The highest BCUT2D eigenvalue weighted by Crippen LogP contribution is 2.34. The largest absolute Gasteiger partial charge is 0.384 e. The van der Waals surface area contributed by atoms with Gasteiger partial charge in [-0.2, -0.15) is 0 Å². The summed E-state index contributed by atoms with van der Waals surface area (Å²) in [5.41, 5.74) is 7.63. The number of pyridine rings is 1. The molecule has 0 atom stereocenters. The van der Waals surface area contributed by atoms with E-state index in [2.05, 4.69) is 16.7 Å². The highest BCUT2D eigenvalue weighted by atomic mass is 35.5. The van der Waals surface area contributed by atoms with E-state index in [0.29, 0.717) is 17.1 Å². The number of hydrogen-bond donors (Lipinski definition) is 4. The number of benzene rings is 2. The van der Waals surface area contributed by atoms with Crippen molar-refractivity contribution < 1.29 is 14.8 Å². The zero-order valence-electron chi connectivity index (χ0n) is 20.9. The Hall–Kier alpha value is -3.42. The first-order valence-electron chi connectivity index (χ1n) is 12.9. The minimum atomic E-state index is -0.604. The van der Waals surface area contributed by atoms with Gasteiger partial charge < -0.3 is 10.6 Å². The van der Waals surface area contributed by atoms with Crippen molar-refractivity contribution in [2.45, 2.75) is 51.4 Å². The molecule has 0 fully saturated rings. The number of aryl methyl sites for hydroxylation is 1. The SMILES string of the molecule is O=C(C=Cc1ccc(C(=O)NCCCCCCNc2c3c(nc4cc(Cl)ccc24)CCCC3)cc1)NO. The third-order valence-electron chi connectivity index (χ3n) is 6.63. The molecule has 194 valence electrons. The Balaban J connectivity index is 1.18. The highest BCUT2D eigenvalue weighted by molar-refractivity contribution is 6.31. The summed E-state index contributed by atoms with van der Waals surface area (Å²) in [4.78, 5) is 28.3. The predicted octanol–water partition coefficient (Wildman–Crippen LogP) is 5.69. The molecule has 4 rings (SSSR count). The van der Waals surface area contributed by atoms with Crippen molar-refractivity contribution in [3.8, 4) is 0 Å². The number of hydrogen-bond acceptors (Lipinski definition) is 5. The van der Waals surface area contributed by atoms with Gasteiger partial charge in [0.25, 0.3) is 11.8 Å². The van der Waals surface area contributed by atoms with Gasteiger partial charge in [0.05, 0.1) is 5.52 Å². The lowest BCUT2D eigenvalue weighted by Crippen LogP contribution is -2.24. The second kappa shape index (κ2) is 13.2. The molecule has 0 radical (unpaired) electrons. The van der Waals surface area contributed by atoms with Gasteiger partial charge in [0.1, 0.15) is 0 Å². The summed E-state index contributed by atoms with van der Waals surface area (Å²) in [5.74, 6) is -0.715. The molecule has 1 aromatic heterocycles. The quantitative estimate of drug-likeness (QED) is 0.113. The van der Waals surface area contributed by atoms with Crippen molar-refractivity contribution in [2.75, 3.05) is 18.4 Å². The topological polar surface area (TPSA) is 103 Å². The molecule has 4 N–H and O–H groups in total. The normalized spacial score (nSPS) is 12.9. The van der Waals surface area contributed by atoms with E-state index < -0.39 is 5.91 Å². The van der Waals surface area contributed by atoms with Gasteiger partial charge in [-0.25, -0.2) is 5.48 Å². The average Bonchev–Trinajstić information content (AvgIpc) is 2.92. The van der Waals surface area contributed by atoms with Crippen LogP contribution in [0.5, 0.6) is 0 Å². The number of amides is 2. The van der Waals surface area contributed by atoms with E-state index in [1.165, 1.54) is 41.3 Å². The van der Waals surface area contributed by atoms with Crippen LogP contribution >= 0.6 is 11.6 Å². The number of halogens is 1. The van der Waals surface area contributed by atoms with Crippen LogP contribution in [0.4, 0.5) is 5.69 Å². The van der Waals surface area contributed by atoms with Crippen LogP contribution in [0.25, 0.3) is 17.0 Å². The second-order valence-electron chi connectivity index (χ2n) is 9.31. The van der Waals surface area contributed by atoms with Crippen LogP contribution in [0.1, 0.15) is 65.7 Å². The van der Waals surface area contributed by atoms with Crippen molar-refractivity contribution in [1.29, 1.82) is 0 Å². The zero-order chi connectivity index (χ0) is 26.0. The van der Waals surface area contributed by atoms with Crippen LogP contribution in [0, 0.1) is 0 Å². The molecule has 0 saturated carbocycles. The molecule has 1 aliphatic carbocycles. The van der Waals surface area contributed by atoms with Crippen LogP contribution in [0.2, 0.25) is 5.02 Å². The van der Waals surface area contributed by atoms with E-state index in [1.807, 2.05) is 12.1 Å². The van der Waals surface area contributed by atoms with Gasteiger partial charge in [0, 0.05) is 46.5 Å². The smallest absolute Gasteiger partial charge is 0.267 e. The summed E-state index contributed by atoms with van der Waals surface area (Å²) in [6.07, 6.45) is 11.4. The van der Waals surface area contributed by atoms with E-state index >= 15 is 0 Å². The Bertz CT molecular complexity index is 1270. The fourth-order valence-electron chi connectivity index (χ4n) is 4.68. The Morgan fingerprint density at radius 1 is 0.973 bits per heavy atom. The Morgan fingerprint density at radius 2 is 1.73 bits per heavy atom. The van der Waals surface area contributed by atoms with E-state index in [0.717, 1.165) is 61.5 Å². The molecular formula is C29H33ClN4O3. The van der Waals surface area contributed by atoms with Gasteiger partial charge in [-0.05, 0) is 86.1 Å². The van der Waals surface area contributed by atoms with Gasteiger partial charge in [-0.3, -0.25) is 19.8 Å². The first kappa shape index (κ1) is 26.6. The second-order valence-corrected chi connectivity index (χ2v) is 9.75. The summed E-state index contributed by atoms with van der Waals surface area (Å²) in [6, 6.07) is 12.9. The number of aromatic nitrogens is 1. The lowest BCUT2D eigenvalue weighted by atomic mass is 9.92. The van der Waals surface area contributed by atoms with Gasteiger partial charge in [-0.1, -0.05) is 36.6 Å². The Morgan fingerprint density at radius 3 is 2.51 bits per heavy atom. The summed E-state index contributed by atoms with van der Waals surface area (Å²) < 4.78 is 0. The number of nitrogens with zero attached hydrogens (tertiary/aromatic N) is 1. The molecular weight excluding hydrogens is 488 g/mol. The van der Waals surface area contributed by atoms with E-state index in [9.17, 15) is 9.59 Å². The van der Waals surface area contributed by atoms with Crippen molar-refractivity contribution in [3.05, 3.63) is 75.9 Å². The number of unbranched alkanes of at least 4 members (excludes halogenated alkanes) is 3. The maximum absolute atomic E-state index is 12.4. The molecule has 37 heavy (non-hydrogen) atoms. The summed E-state index contributed by atoms with van der Waals surface area (Å²) in [6.45, 7) is 1.54. The van der Waals surface area contributed by atoms with Crippen LogP contribution in [-0.2, 0) is 17.6 Å². The number of hydroxylamine groups is 1. The molecule has 7 nitrogen and oxygen atoms in total. The van der Waals surface area contributed by atoms with Crippen molar-refractivity contribution >= 4 is 46.1 Å². The first-order chi connectivity index (χ1) is 18.0. The third kappa shape index (κ3) is 7.31. The number of carbonyl (C=O) groups excluding carboxylic acids is 2. The fraction of sp³-hybridized carbons (Fsp3) is 0.345. The third-order valence-corrected chi connectivity index (χ3v) is 6.86. The maximum atomic E-state index is 12.4. The lowest BCUT2D eigenvalue weighted by Gasteiger charge is -2.22. The molecule has 2 amide bonds. The number of anilines is 1. The van der Waals surface area contributed by atoms with Gasteiger partial charge in [0.15, 0.2) is 0 Å². The van der Waals surface area contributed by atoms with Gasteiger partial charge in [-0.15, -0.1) is 0 Å². The average molecular weight is 521 g/mol. The number of nitrogens with one attached hydrogen (secondary N) is 3. The monoisotopic (exact) mass is 520 g/mol. The summed E-state index contributed by atoms with van der Waals surface area (Å²) in [5, 5.41) is 17.0. The molecule has 8 heteroatoms. The molecule has 0 bridgehead atoms. The summed E-state index contributed by atoms with van der Waals surface area (Å²) >= 11 is 6.22. The molecule has 0 spiro atoms. The highest BCUT2D eigenvalue weighted by Gasteiger charge is 2.18. The van der Waals surface area contributed by atoms with E-state index in [1.54, 1.807) is 30.3 Å². The van der Waals surface area contributed by atoms with Crippen LogP contribution in [0.15, 0.2) is 48.5 Å². The standard InChI is InChI=1S/C29H33ClN4O3/c30-22-14-15-24-26(19-22)33-25-8-4-3-7-23(25)28(24)31-17-5-1-2-6-18-32-29(36)21-12-9-20(10-13-21)11-16-27(35)34-37/h9-16,19,37H,1-8,17-18H2,(H,31,33)(H,32,36)(H,34,35). The van der Waals surface area contributed by atoms with Crippen LogP contribution in [-0.4, -0.2) is 35.1 Å². The molecule has 1 aliphatic rings. The Kier molecular flexibility index (Phi) is 9.52. The number of carbonyl (C=O) groups is 2. The lowest BCUT2D eigenvalue weighted by molar-refractivity contribution is -0.124. The number of rotatable bonds is 11. The Labute approximate surface area is 222 Å². The molecule has 0 aliphatic heterocycles. The fourth-order valence-corrected chi connectivity index (χ4v) is 4.84. The van der Waals surface area contributed by atoms with Crippen molar-refractivity contribution in [1.82, 2.24) is 15.8 Å². The molecule has 2 aromatic carbocycles. The molecule has 3 aromatic rings. The number of fused-ring (bicyclic) bond motifs is 2. The predicted molar refractivity (Wildman–Crippen MR) is 148 cm³/mol. The first-order valence-corrected chi connectivity index (χ1v) is 13.3. The van der Waals surface area contributed by atoms with Crippen molar-refractivity contribution in [3.63, 3.8) is 0 Å². The zero-order valence-corrected chi connectivity index (χ0v) is 21.6. The van der Waals surface area contributed by atoms with Gasteiger partial charge in [0.2, 0.25) is 0 Å². The van der Waals surface area contributed by atoms with Crippen LogP contribution in [0.3, 0.4) is 0 Å².